The third-order valence-corrected chi connectivity index (χ3v) is 3.15. The second kappa shape index (κ2) is 5.45. The minimum Gasteiger partial charge on any atom is -0.310 e. The fourth-order valence-electron chi connectivity index (χ4n) is 1.67. The Balaban J connectivity index is 2.68. The van der Waals surface area contributed by atoms with Gasteiger partial charge in [-0.05, 0) is 34.1 Å². The molecule has 0 aliphatic rings. The van der Waals surface area contributed by atoms with Crippen LogP contribution in [0.4, 0.5) is 0 Å². The van der Waals surface area contributed by atoms with Gasteiger partial charge in [-0.1, -0.05) is 6.92 Å². The van der Waals surface area contributed by atoms with E-state index in [1.54, 1.807) is 10.6 Å². The van der Waals surface area contributed by atoms with Gasteiger partial charge in [-0.25, -0.2) is 4.98 Å². The summed E-state index contributed by atoms with van der Waals surface area (Å²) in [4.78, 5) is 16.1. The molecule has 1 heterocycles. The van der Waals surface area contributed by atoms with Gasteiger partial charge < -0.3 is 5.32 Å². The van der Waals surface area contributed by atoms with Crippen LogP contribution in [0.2, 0.25) is 0 Å². The monoisotopic (exact) mass is 237 g/mol. The highest BCUT2D eigenvalue weighted by Gasteiger charge is 2.13. The summed E-state index contributed by atoms with van der Waals surface area (Å²) in [7, 11) is 0. The van der Waals surface area contributed by atoms with Gasteiger partial charge in [0.15, 0.2) is 0 Å². The predicted molar refractivity (Wildman–Crippen MR) is 70.3 cm³/mol. The molecule has 0 saturated heterocycles. The van der Waals surface area contributed by atoms with Crippen LogP contribution in [0.1, 0.15) is 38.7 Å². The van der Waals surface area contributed by atoms with Crippen molar-refractivity contribution in [3.8, 4) is 0 Å². The van der Waals surface area contributed by atoms with E-state index in [0.29, 0.717) is 6.54 Å². The van der Waals surface area contributed by atoms with Crippen LogP contribution in [-0.4, -0.2) is 21.6 Å². The lowest BCUT2D eigenvalue weighted by molar-refractivity contribution is 0.365. The molecule has 4 nitrogen and oxygen atoms in total. The molecule has 4 heteroatoms. The molecule has 96 valence electrons. The van der Waals surface area contributed by atoms with Crippen LogP contribution in [0.3, 0.4) is 0 Å². The number of hydrogen-bond donors (Lipinski definition) is 1. The number of aryl methyl sites for hydroxylation is 2. The molecule has 1 rings (SSSR count). The smallest absolute Gasteiger partial charge is 0.253 e. The van der Waals surface area contributed by atoms with Gasteiger partial charge >= 0.3 is 0 Å². The first-order chi connectivity index (χ1) is 7.85. The molecule has 17 heavy (non-hydrogen) atoms. The van der Waals surface area contributed by atoms with Gasteiger partial charge in [-0.15, -0.1) is 0 Å². The number of aromatic nitrogens is 2. The molecule has 0 spiro atoms. The van der Waals surface area contributed by atoms with Crippen LogP contribution in [0.25, 0.3) is 0 Å². The Bertz CT molecular complexity index is 435. The predicted octanol–water partition coefficient (Wildman–Crippen LogP) is 1.64. The number of nitrogens with one attached hydrogen (secondary N) is 1. The molecule has 0 amide bonds. The molecule has 1 aromatic rings. The zero-order valence-electron chi connectivity index (χ0n) is 11.5. The maximum atomic E-state index is 11.8. The first-order valence-corrected chi connectivity index (χ1v) is 6.16. The van der Waals surface area contributed by atoms with Crippen LogP contribution >= 0.6 is 0 Å². The summed E-state index contributed by atoms with van der Waals surface area (Å²) in [5, 5.41) is 3.44. The van der Waals surface area contributed by atoms with Gasteiger partial charge in [0.05, 0.1) is 0 Å². The topological polar surface area (TPSA) is 46.9 Å². The molecule has 0 saturated carbocycles. The van der Waals surface area contributed by atoms with E-state index in [4.69, 9.17) is 0 Å². The van der Waals surface area contributed by atoms with Gasteiger partial charge in [0.2, 0.25) is 0 Å². The van der Waals surface area contributed by atoms with Crippen LogP contribution < -0.4 is 10.9 Å². The van der Waals surface area contributed by atoms with Crippen molar-refractivity contribution in [1.82, 2.24) is 14.9 Å². The zero-order valence-corrected chi connectivity index (χ0v) is 11.5. The maximum absolute atomic E-state index is 11.8. The molecular weight excluding hydrogens is 214 g/mol. The van der Waals surface area contributed by atoms with Crippen molar-refractivity contribution in [2.75, 3.05) is 6.54 Å². The van der Waals surface area contributed by atoms with Gasteiger partial charge in [-0.3, -0.25) is 9.36 Å². The standard InChI is InChI=1S/C13H23N3O/c1-6-13(4,5)14-7-8-16-11(3)15-10(2)9-12(16)17/h9,14H,6-8H2,1-5H3. The molecule has 0 bridgehead atoms. The van der Waals surface area contributed by atoms with Crippen molar-refractivity contribution in [3.63, 3.8) is 0 Å². The molecule has 0 atom stereocenters. The summed E-state index contributed by atoms with van der Waals surface area (Å²) in [6.07, 6.45) is 1.06. The van der Waals surface area contributed by atoms with E-state index >= 15 is 0 Å². The molecule has 0 aliphatic carbocycles. The summed E-state index contributed by atoms with van der Waals surface area (Å²) in [5.74, 6) is 0.783. The Morgan fingerprint density at radius 1 is 1.41 bits per heavy atom. The first kappa shape index (κ1) is 13.9. The van der Waals surface area contributed by atoms with Crippen molar-refractivity contribution >= 4 is 0 Å². The molecule has 0 unspecified atom stereocenters. The van der Waals surface area contributed by atoms with Gasteiger partial charge in [0.25, 0.3) is 5.56 Å². The highest BCUT2D eigenvalue weighted by atomic mass is 16.1. The van der Waals surface area contributed by atoms with Crippen LogP contribution in [0, 0.1) is 13.8 Å². The van der Waals surface area contributed by atoms with Crippen LogP contribution in [0.15, 0.2) is 10.9 Å². The fraction of sp³-hybridized carbons (Fsp3) is 0.692. The Hall–Kier alpha value is -1.16. The largest absolute Gasteiger partial charge is 0.310 e. The lowest BCUT2D eigenvalue weighted by atomic mass is 10.0. The minimum atomic E-state index is 0.0334. The Morgan fingerprint density at radius 3 is 2.59 bits per heavy atom. The Kier molecular flexibility index (Phi) is 4.46. The van der Waals surface area contributed by atoms with Crippen LogP contribution in [0.5, 0.6) is 0 Å². The average molecular weight is 237 g/mol. The lowest BCUT2D eigenvalue weighted by Crippen LogP contribution is -2.41. The summed E-state index contributed by atoms with van der Waals surface area (Å²) < 4.78 is 1.71. The highest BCUT2D eigenvalue weighted by molar-refractivity contribution is 5.01. The van der Waals surface area contributed by atoms with E-state index < -0.39 is 0 Å². The summed E-state index contributed by atoms with van der Waals surface area (Å²) in [5.41, 5.74) is 0.937. The maximum Gasteiger partial charge on any atom is 0.253 e. The molecule has 1 aromatic heterocycles. The number of rotatable bonds is 5. The molecule has 0 fully saturated rings. The molecule has 1 N–H and O–H groups in total. The summed E-state index contributed by atoms with van der Waals surface area (Å²) >= 11 is 0. The minimum absolute atomic E-state index is 0.0334. The summed E-state index contributed by atoms with van der Waals surface area (Å²) in [6.45, 7) is 11.6. The lowest BCUT2D eigenvalue weighted by Gasteiger charge is -2.25. The van der Waals surface area contributed by atoms with Gasteiger partial charge in [-0.2, -0.15) is 0 Å². The SMILES string of the molecule is CCC(C)(C)NCCn1c(C)nc(C)cc1=O. The second-order valence-corrected chi connectivity index (χ2v) is 5.10. The van der Waals surface area contributed by atoms with Crippen molar-refractivity contribution < 1.29 is 0 Å². The van der Waals surface area contributed by atoms with Crippen molar-refractivity contribution in [2.45, 2.75) is 53.1 Å². The van der Waals surface area contributed by atoms with E-state index in [1.807, 2.05) is 13.8 Å². The molecule has 0 aromatic carbocycles. The average Bonchev–Trinajstić information content (AvgIpc) is 2.22. The van der Waals surface area contributed by atoms with Gasteiger partial charge in [0, 0.05) is 30.4 Å². The number of nitrogens with zero attached hydrogens (tertiary/aromatic N) is 2. The molecular formula is C13H23N3O. The quantitative estimate of drug-likeness (QED) is 0.847. The zero-order chi connectivity index (χ0) is 13.1. The molecule has 0 aliphatic heterocycles. The fourth-order valence-corrected chi connectivity index (χ4v) is 1.67. The molecule has 0 radical (unpaired) electrons. The van der Waals surface area contributed by atoms with Gasteiger partial charge in [0.1, 0.15) is 5.82 Å². The second-order valence-electron chi connectivity index (χ2n) is 5.10. The van der Waals surface area contributed by atoms with Crippen molar-refractivity contribution in [2.24, 2.45) is 0 Å². The Morgan fingerprint density at radius 2 is 2.06 bits per heavy atom. The van der Waals surface area contributed by atoms with E-state index in [9.17, 15) is 4.79 Å². The normalized spacial score (nSPS) is 11.8. The van der Waals surface area contributed by atoms with E-state index in [-0.39, 0.29) is 11.1 Å². The van der Waals surface area contributed by atoms with E-state index in [0.717, 1.165) is 24.5 Å². The van der Waals surface area contributed by atoms with Crippen molar-refractivity contribution in [3.05, 3.63) is 27.9 Å². The number of hydrogen-bond acceptors (Lipinski definition) is 3. The van der Waals surface area contributed by atoms with Crippen LogP contribution in [-0.2, 0) is 6.54 Å². The third-order valence-electron chi connectivity index (χ3n) is 3.15. The van der Waals surface area contributed by atoms with Crippen molar-refractivity contribution in [1.29, 1.82) is 0 Å². The Labute approximate surface area is 103 Å². The summed E-state index contributed by atoms with van der Waals surface area (Å²) in [6, 6.07) is 1.58. The first-order valence-electron chi connectivity index (χ1n) is 6.16. The third kappa shape index (κ3) is 3.97. The van der Waals surface area contributed by atoms with E-state index in [1.165, 1.54) is 0 Å². The van der Waals surface area contributed by atoms with E-state index in [2.05, 4.69) is 31.1 Å². The highest BCUT2D eigenvalue weighted by Crippen LogP contribution is 2.05.